The Morgan fingerprint density at radius 3 is 2.38 bits per heavy atom. The molecule has 0 radical (unpaired) electrons. The normalized spacial score (nSPS) is 11.5. The number of carbonyl (C=O) groups is 1. The van der Waals surface area contributed by atoms with Crippen molar-refractivity contribution in [3.05, 3.63) is 95.8 Å². The summed E-state index contributed by atoms with van der Waals surface area (Å²) < 4.78 is 48.8. The van der Waals surface area contributed by atoms with Crippen molar-refractivity contribution < 1.29 is 26.9 Å². The molecule has 0 aliphatic rings. The molecule has 0 saturated heterocycles. The third kappa shape index (κ3) is 5.05. The predicted octanol–water partition coefficient (Wildman–Crippen LogP) is 5.23. The standard InChI is InChI=1S/C23H18F3N3O3/c24-23(25,26)18-10-8-16(9-11-18)21-27-20(32-28-21)12-13-29(15-19-7-4-14-31-19)22(30)17-5-2-1-3-6-17/h1-11,14H,12-13,15H2. The Morgan fingerprint density at radius 2 is 1.72 bits per heavy atom. The summed E-state index contributed by atoms with van der Waals surface area (Å²) >= 11 is 0. The molecule has 0 fully saturated rings. The van der Waals surface area contributed by atoms with Gasteiger partial charge in [0, 0.05) is 24.1 Å². The molecule has 0 aliphatic carbocycles. The van der Waals surface area contributed by atoms with Crippen molar-refractivity contribution in [1.29, 1.82) is 0 Å². The number of benzene rings is 2. The Morgan fingerprint density at radius 1 is 0.969 bits per heavy atom. The van der Waals surface area contributed by atoms with Crippen molar-refractivity contribution in [3.8, 4) is 11.4 Å². The fraction of sp³-hybridized carbons (Fsp3) is 0.174. The van der Waals surface area contributed by atoms with Gasteiger partial charge in [0.1, 0.15) is 5.76 Å². The lowest BCUT2D eigenvalue weighted by atomic mass is 10.1. The molecule has 9 heteroatoms. The lowest BCUT2D eigenvalue weighted by molar-refractivity contribution is -0.137. The smallest absolute Gasteiger partial charge is 0.416 e. The molecule has 164 valence electrons. The van der Waals surface area contributed by atoms with Gasteiger partial charge in [-0.15, -0.1) is 0 Å². The van der Waals surface area contributed by atoms with Crippen LogP contribution in [0.2, 0.25) is 0 Å². The number of alkyl halides is 3. The monoisotopic (exact) mass is 441 g/mol. The first kappa shape index (κ1) is 21.4. The van der Waals surface area contributed by atoms with Crippen LogP contribution < -0.4 is 0 Å². The summed E-state index contributed by atoms with van der Waals surface area (Å²) in [5, 5.41) is 3.85. The van der Waals surface area contributed by atoms with Crippen LogP contribution in [0, 0.1) is 0 Å². The van der Waals surface area contributed by atoms with Crippen LogP contribution in [0.25, 0.3) is 11.4 Å². The second-order valence-corrected chi connectivity index (χ2v) is 7.01. The fourth-order valence-corrected chi connectivity index (χ4v) is 3.12. The lowest BCUT2D eigenvalue weighted by Gasteiger charge is -2.21. The van der Waals surface area contributed by atoms with E-state index in [1.165, 1.54) is 18.4 Å². The summed E-state index contributed by atoms with van der Waals surface area (Å²) in [6, 6.07) is 16.9. The molecule has 0 spiro atoms. The van der Waals surface area contributed by atoms with Crippen molar-refractivity contribution >= 4 is 5.91 Å². The van der Waals surface area contributed by atoms with Crippen LogP contribution in [0.15, 0.2) is 81.9 Å². The van der Waals surface area contributed by atoms with Gasteiger partial charge in [0.2, 0.25) is 11.7 Å². The topological polar surface area (TPSA) is 72.4 Å². The highest BCUT2D eigenvalue weighted by atomic mass is 19.4. The molecule has 0 aliphatic heterocycles. The van der Waals surface area contributed by atoms with E-state index in [4.69, 9.17) is 8.94 Å². The minimum atomic E-state index is -4.41. The van der Waals surface area contributed by atoms with Gasteiger partial charge in [-0.05, 0) is 36.4 Å². The van der Waals surface area contributed by atoms with Gasteiger partial charge in [0.05, 0.1) is 18.4 Å². The summed E-state index contributed by atoms with van der Waals surface area (Å²) in [7, 11) is 0. The molecule has 0 unspecified atom stereocenters. The molecule has 0 atom stereocenters. The average molecular weight is 441 g/mol. The lowest BCUT2D eigenvalue weighted by Crippen LogP contribution is -2.32. The van der Waals surface area contributed by atoms with Crippen LogP contribution in [0.5, 0.6) is 0 Å². The summed E-state index contributed by atoms with van der Waals surface area (Å²) in [6.07, 6.45) is -2.61. The van der Waals surface area contributed by atoms with E-state index in [9.17, 15) is 18.0 Å². The van der Waals surface area contributed by atoms with Crippen LogP contribution in [0.1, 0.15) is 27.6 Å². The highest BCUT2D eigenvalue weighted by Gasteiger charge is 2.30. The summed E-state index contributed by atoms with van der Waals surface area (Å²) in [5.74, 6) is 0.903. The van der Waals surface area contributed by atoms with E-state index in [0.29, 0.717) is 16.9 Å². The molecule has 1 amide bonds. The zero-order valence-electron chi connectivity index (χ0n) is 16.7. The molecule has 0 bridgehead atoms. The Bertz CT molecular complexity index is 1150. The van der Waals surface area contributed by atoms with Gasteiger partial charge in [0.25, 0.3) is 5.91 Å². The fourth-order valence-electron chi connectivity index (χ4n) is 3.12. The molecule has 4 aromatic rings. The van der Waals surface area contributed by atoms with Crippen LogP contribution in [0.3, 0.4) is 0 Å². The Hall–Kier alpha value is -3.88. The van der Waals surface area contributed by atoms with Crippen molar-refractivity contribution in [2.75, 3.05) is 6.54 Å². The first-order valence-corrected chi connectivity index (χ1v) is 9.77. The third-order valence-corrected chi connectivity index (χ3v) is 4.77. The quantitative estimate of drug-likeness (QED) is 0.393. The minimum Gasteiger partial charge on any atom is -0.467 e. The molecular formula is C23H18F3N3O3. The van der Waals surface area contributed by atoms with Crippen molar-refractivity contribution in [2.45, 2.75) is 19.1 Å². The SMILES string of the molecule is O=C(c1ccccc1)N(CCc1nc(-c2ccc(C(F)(F)F)cc2)no1)Cc1ccco1. The summed E-state index contributed by atoms with van der Waals surface area (Å²) in [4.78, 5) is 18.8. The second kappa shape index (κ2) is 9.09. The second-order valence-electron chi connectivity index (χ2n) is 7.01. The largest absolute Gasteiger partial charge is 0.467 e. The molecule has 4 rings (SSSR count). The summed E-state index contributed by atoms with van der Waals surface area (Å²) in [5.41, 5.74) is 0.189. The van der Waals surface area contributed by atoms with E-state index in [2.05, 4.69) is 10.1 Å². The predicted molar refractivity (Wildman–Crippen MR) is 108 cm³/mol. The molecule has 0 saturated carbocycles. The molecule has 2 aromatic heterocycles. The van der Waals surface area contributed by atoms with Gasteiger partial charge in [-0.3, -0.25) is 4.79 Å². The van der Waals surface area contributed by atoms with Gasteiger partial charge in [-0.25, -0.2) is 0 Å². The Kier molecular flexibility index (Phi) is 6.07. The first-order valence-electron chi connectivity index (χ1n) is 9.77. The third-order valence-electron chi connectivity index (χ3n) is 4.77. The van der Waals surface area contributed by atoms with E-state index in [1.807, 2.05) is 6.07 Å². The highest BCUT2D eigenvalue weighted by Crippen LogP contribution is 2.30. The van der Waals surface area contributed by atoms with Crippen molar-refractivity contribution in [3.63, 3.8) is 0 Å². The number of nitrogens with zero attached hydrogens (tertiary/aromatic N) is 3. The van der Waals surface area contributed by atoms with E-state index < -0.39 is 11.7 Å². The number of carbonyl (C=O) groups excluding carboxylic acids is 1. The number of aromatic nitrogens is 2. The van der Waals surface area contributed by atoms with Crippen LogP contribution in [-0.4, -0.2) is 27.5 Å². The van der Waals surface area contributed by atoms with Crippen LogP contribution >= 0.6 is 0 Å². The van der Waals surface area contributed by atoms with Crippen molar-refractivity contribution in [2.24, 2.45) is 0 Å². The van der Waals surface area contributed by atoms with Gasteiger partial charge in [-0.1, -0.05) is 35.5 Å². The highest BCUT2D eigenvalue weighted by molar-refractivity contribution is 5.94. The number of furan rings is 1. The average Bonchev–Trinajstić information content (AvgIpc) is 3.48. The molecule has 2 heterocycles. The van der Waals surface area contributed by atoms with E-state index in [-0.39, 0.29) is 37.1 Å². The van der Waals surface area contributed by atoms with Crippen LogP contribution in [-0.2, 0) is 19.1 Å². The van der Waals surface area contributed by atoms with E-state index >= 15 is 0 Å². The van der Waals surface area contributed by atoms with Gasteiger partial charge < -0.3 is 13.8 Å². The van der Waals surface area contributed by atoms with Gasteiger partial charge >= 0.3 is 6.18 Å². The van der Waals surface area contributed by atoms with E-state index in [0.717, 1.165) is 12.1 Å². The van der Waals surface area contributed by atoms with Crippen LogP contribution in [0.4, 0.5) is 13.2 Å². The maximum atomic E-state index is 13.0. The van der Waals surface area contributed by atoms with E-state index in [1.54, 1.807) is 41.3 Å². The number of amides is 1. The zero-order valence-corrected chi connectivity index (χ0v) is 16.7. The molecule has 2 aromatic carbocycles. The molecule has 0 N–H and O–H groups in total. The van der Waals surface area contributed by atoms with Gasteiger partial charge in [-0.2, -0.15) is 18.2 Å². The molecule has 32 heavy (non-hydrogen) atoms. The number of hydrogen-bond donors (Lipinski definition) is 0. The summed E-state index contributed by atoms with van der Waals surface area (Å²) in [6.45, 7) is 0.545. The molecule has 6 nitrogen and oxygen atoms in total. The Balaban J connectivity index is 1.46. The van der Waals surface area contributed by atoms with Crippen molar-refractivity contribution in [1.82, 2.24) is 15.0 Å². The minimum absolute atomic E-state index is 0.176. The molecular weight excluding hydrogens is 423 g/mol. The number of hydrogen-bond acceptors (Lipinski definition) is 5. The van der Waals surface area contributed by atoms with Gasteiger partial charge in [0.15, 0.2) is 0 Å². The zero-order chi connectivity index (χ0) is 22.6. The number of rotatable bonds is 7. The first-order chi connectivity index (χ1) is 15.4. The maximum Gasteiger partial charge on any atom is 0.416 e. The maximum absolute atomic E-state index is 13.0. The Labute approximate surface area is 181 Å². The number of halogens is 3.